The van der Waals surface area contributed by atoms with E-state index in [9.17, 15) is 4.79 Å². The number of piperazine rings is 1. The van der Waals surface area contributed by atoms with E-state index in [2.05, 4.69) is 57.5 Å². The van der Waals surface area contributed by atoms with Crippen LogP contribution >= 0.6 is 0 Å². The fourth-order valence-electron chi connectivity index (χ4n) is 6.01. The topological polar surface area (TPSA) is 55.8 Å². The van der Waals surface area contributed by atoms with Crippen LogP contribution in [0.3, 0.4) is 0 Å². The fraction of sp³-hybridized carbons (Fsp3) is 0.762. The Morgan fingerprint density at radius 2 is 1.86 bits per heavy atom. The normalized spacial score (nSPS) is 29.7. The van der Waals surface area contributed by atoms with Gasteiger partial charge < -0.3 is 14.7 Å². The smallest absolute Gasteiger partial charge is 0.236 e. The molecule has 7 nitrogen and oxygen atoms in total. The third-order valence-electron chi connectivity index (χ3n) is 6.95. The lowest BCUT2D eigenvalue weighted by molar-refractivity contribution is -0.131. The zero-order valence-electron chi connectivity index (χ0n) is 17.8. The van der Waals surface area contributed by atoms with Gasteiger partial charge in [-0.2, -0.15) is 0 Å². The highest BCUT2D eigenvalue weighted by molar-refractivity contribution is 5.79. The molecule has 1 aromatic rings. The molecule has 3 aliphatic rings. The number of hydrogen-bond donors (Lipinski definition) is 0. The van der Waals surface area contributed by atoms with Crippen molar-refractivity contribution in [3.05, 3.63) is 18.5 Å². The summed E-state index contributed by atoms with van der Waals surface area (Å²) < 4.78 is 0. The first-order valence-electron chi connectivity index (χ1n) is 10.5. The summed E-state index contributed by atoms with van der Waals surface area (Å²) in [6.07, 6.45) is 4.79. The fourth-order valence-corrected chi connectivity index (χ4v) is 6.01. The second-order valence-corrected chi connectivity index (χ2v) is 9.90. The van der Waals surface area contributed by atoms with Crippen molar-refractivity contribution in [2.24, 2.45) is 16.7 Å². The molecule has 154 valence electrons. The van der Waals surface area contributed by atoms with Gasteiger partial charge in [-0.15, -0.1) is 0 Å². The van der Waals surface area contributed by atoms with E-state index in [1.807, 2.05) is 6.07 Å². The van der Waals surface area contributed by atoms with E-state index < -0.39 is 0 Å². The maximum atomic E-state index is 13.1. The number of carbonyl (C=O) groups is 1. The van der Waals surface area contributed by atoms with Gasteiger partial charge in [0.1, 0.15) is 0 Å². The standard InChI is InChI=1S/C21H34N6O/c1-20(2)14-21(15-24(3)4)16-27(12-17(20)21)18(28)13-25-8-10-26(11-9-25)19-22-6-5-7-23-19/h5-7,17H,8-16H2,1-4H3/t17-,21+/m1/s1. The average molecular weight is 387 g/mol. The van der Waals surface area contributed by atoms with E-state index in [1.165, 1.54) is 6.42 Å². The third-order valence-corrected chi connectivity index (χ3v) is 6.95. The molecule has 1 aliphatic carbocycles. The van der Waals surface area contributed by atoms with Gasteiger partial charge in [0.2, 0.25) is 11.9 Å². The minimum absolute atomic E-state index is 0.298. The third kappa shape index (κ3) is 3.62. The first kappa shape index (κ1) is 19.6. The van der Waals surface area contributed by atoms with Gasteiger partial charge in [0.05, 0.1) is 6.54 Å². The Hall–Kier alpha value is -1.73. The summed E-state index contributed by atoms with van der Waals surface area (Å²) in [6, 6.07) is 1.84. The van der Waals surface area contributed by atoms with Gasteiger partial charge in [-0.05, 0) is 37.9 Å². The molecule has 2 saturated heterocycles. The van der Waals surface area contributed by atoms with E-state index in [0.29, 0.717) is 29.2 Å². The first-order valence-corrected chi connectivity index (χ1v) is 10.5. The number of anilines is 1. The highest BCUT2D eigenvalue weighted by Gasteiger charge is 2.63. The monoisotopic (exact) mass is 386 g/mol. The molecule has 3 heterocycles. The number of aromatic nitrogens is 2. The van der Waals surface area contributed by atoms with Crippen LogP contribution in [0.4, 0.5) is 5.95 Å². The van der Waals surface area contributed by atoms with Crippen LogP contribution in [0.5, 0.6) is 0 Å². The van der Waals surface area contributed by atoms with Crippen LogP contribution in [0.1, 0.15) is 20.3 Å². The molecule has 2 atom stereocenters. The Balaban J connectivity index is 1.31. The maximum Gasteiger partial charge on any atom is 0.236 e. The molecule has 0 bridgehead atoms. The number of fused-ring (bicyclic) bond motifs is 1. The second-order valence-electron chi connectivity index (χ2n) is 9.90. The van der Waals surface area contributed by atoms with Crippen molar-refractivity contribution in [1.29, 1.82) is 0 Å². The van der Waals surface area contributed by atoms with Gasteiger partial charge in [-0.1, -0.05) is 13.8 Å². The summed E-state index contributed by atoms with van der Waals surface area (Å²) in [5.74, 6) is 1.71. The molecule has 1 saturated carbocycles. The van der Waals surface area contributed by atoms with Crippen molar-refractivity contribution in [1.82, 2.24) is 24.7 Å². The van der Waals surface area contributed by atoms with Crippen LogP contribution in [-0.2, 0) is 4.79 Å². The predicted octanol–water partition coefficient (Wildman–Crippen LogP) is 1.03. The largest absolute Gasteiger partial charge is 0.341 e. The molecule has 0 spiro atoms. The van der Waals surface area contributed by atoms with Gasteiger partial charge in [0.15, 0.2) is 0 Å². The van der Waals surface area contributed by atoms with Crippen LogP contribution in [0.15, 0.2) is 18.5 Å². The van der Waals surface area contributed by atoms with Crippen LogP contribution in [0.25, 0.3) is 0 Å². The summed E-state index contributed by atoms with van der Waals surface area (Å²) in [4.78, 5) is 30.7. The summed E-state index contributed by atoms with van der Waals surface area (Å²) >= 11 is 0. The quantitative estimate of drug-likeness (QED) is 0.754. The van der Waals surface area contributed by atoms with Crippen LogP contribution in [0.2, 0.25) is 0 Å². The van der Waals surface area contributed by atoms with Gasteiger partial charge in [0.25, 0.3) is 0 Å². The molecule has 1 aromatic heterocycles. The molecule has 0 unspecified atom stereocenters. The Labute approximate surface area is 168 Å². The summed E-state index contributed by atoms with van der Waals surface area (Å²) in [7, 11) is 4.30. The van der Waals surface area contributed by atoms with Crippen molar-refractivity contribution >= 4 is 11.9 Å². The zero-order chi connectivity index (χ0) is 19.9. The Kier molecular flexibility index (Phi) is 5.08. The number of rotatable bonds is 5. The second kappa shape index (κ2) is 7.26. The lowest BCUT2D eigenvalue weighted by atomic mass is 9.48. The minimum Gasteiger partial charge on any atom is -0.341 e. The molecule has 2 aliphatic heterocycles. The zero-order valence-corrected chi connectivity index (χ0v) is 17.8. The number of hydrogen-bond acceptors (Lipinski definition) is 6. The van der Waals surface area contributed by atoms with Crippen molar-refractivity contribution < 1.29 is 4.79 Å². The predicted molar refractivity (Wildman–Crippen MR) is 110 cm³/mol. The van der Waals surface area contributed by atoms with Crippen LogP contribution in [0, 0.1) is 16.7 Å². The Morgan fingerprint density at radius 1 is 1.18 bits per heavy atom. The van der Waals surface area contributed by atoms with E-state index in [1.54, 1.807) is 12.4 Å². The van der Waals surface area contributed by atoms with E-state index >= 15 is 0 Å². The van der Waals surface area contributed by atoms with Crippen molar-refractivity contribution in [2.75, 3.05) is 71.4 Å². The summed E-state index contributed by atoms with van der Waals surface area (Å²) in [6.45, 7) is 11.7. The molecular formula is C21H34N6O. The molecule has 28 heavy (non-hydrogen) atoms. The van der Waals surface area contributed by atoms with E-state index in [4.69, 9.17) is 0 Å². The highest BCUT2D eigenvalue weighted by Crippen LogP contribution is 2.62. The highest BCUT2D eigenvalue weighted by atomic mass is 16.2. The molecule has 7 heteroatoms. The van der Waals surface area contributed by atoms with Gasteiger partial charge >= 0.3 is 0 Å². The molecule has 0 radical (unpaired) electrons. The summed E-state index contributed by atoms with van der Waals surface area (Å²) in [5.41, 5.74) is 0.651. The molecule has 1 amide bonds. The van der Waals surface area contributed by atoms with E-state index in [-0.39, 0.29) is 0 Å². The molecular weight excluding hydrogens is 352 g/mol. The maximum absolute atomic E-state index is 13.1. The SMILES string of the molecule is CN(C)C[C@@]12CN(C(=O)CN3CCN(c4ncccn4)CC3)C[C@@H]1C(C)(C)C2. The Morgan fingerprint density at radius 3 is 2.46 bits per heavy atom. The molecule has 3 fully saturated rings. The minimum atomic E-state index is 0.298. The first-order chi connectivity index (χ1) is 13.3. The van der Waals surface area contributed by atoms with Gasteiger partial charge in [-0.25, -0.2) is 9.97 Å². The number of amides is 1. The summed E-state index contributed by atoms with van der Waals surface area (Å²) in [5, 5.41) is 0. The molecule has 4 rings (SSSR count). The Bertz CT molecular complexity index is 696. The number of likely N-dealkylation sites (tertiary alicyclic amines) is 1. The lowest BCUT2D eigenvalue weighted by Crippen LogP contribution is -2.57. The van der Waals surface area contributed by atoms with Crippen molar-refractivity contribution in [3.8, 4) is 0 Å². The van der Waals surface area contributed by atoms with Crippen molar-refractivity contribution in [2.45, 2.75) is 20.3 Å². The number of nitrogens with zero attached hydrogens (tertiary/aromatic N) is 6. The van der Waals surface area contributed by atoms with Crippen LogP contribution < -0.4 is 4.90 Å². The van der Waals surface area contributed by atoms with E-state index in [0.717, 1.165) is 51.8 Å². The molecule has 0 aromatic carbocycles. The number of carbonyl (C=O) groups excluding carboxylic acids is 1. The van der Waals surface area contributed by atoms with Gasteiger partial charge in [-0.3, -0.25) is 9.69 Å². The lowest BCUT2D eigenvalue weighted by Gasteiger charge is -2.57. The molecule has 0 N–H and O–H groups in total. The van der Waals surface area contributed by atoms with Crippen molar-refractivity contribution in [3.63, 3.8) is 0 Å². The van der Waals surface area contributed by atoms with Crippen LogP contribution in [-0.4, -0.2) is 97.0 Å². The average Bonchev–Trinajstić information content (AvgIpc) is 2.97. The van der Waals surface area contributed by atoms with Gasteiger partial charge in [0, 0.05) is 63.6 Å².